The Balaban J connectivity index is 4.27. The van der Waals surface area contributed by atoms with E-state index in [4.69, 9.17) is 0 Å². The Morgan fingerprint density at radius 1 is 0.650 bits per heavy atom. The average molecular weight is 284 g/mol. The summed E-state index contributed by atoms with van der Waals surface area (Å²) in [6.45, 7) is 8.31. The lowest BCUT2D eigenvalue weighted by Gasteiger charge is -2.18. The van der Waals surface area contributed by atoms with Crippen molar-refractivity contribution in [1.82, 2.24) is 10.9 Å². The molecule has 0 radical (unpaired) electrons. The van der Waals surface area contributed by atoms with Crippen LogP contribution in [0.5, 0.6) is 0 Å². The maximum atomic E-state index is 12.0. The molecule has 0 saturated heterocycles. The van der Waals surface area contributed by atoms with Gasteiger partial charge in [0.2, 0.25) is 11.8 Å². The summed E-state index contributed by atoms with van der Waals surface area (Å²) in [6, 6.07) is 0. The van der Waals surface area contributed by atoms with Crippen molar-refractivity contribution in [2.45, 2.75) is 79.1 Å². The summed E-state index contributed by atoms with van der Waals surface area (Å²) in [5, 5.41) is 0. The van der Waals surface area contributed by atoms with E-state index < -0.39 is 0 Å². The summed E-state index contributed by atoms with van der Waals surface area (Å²) in [6.07, 6.45) is 7.46. The van der Waals surface area contributed by atoms with Crippen LogP contribution in [-0.2, 0) is 9.59 Å². The third kappa shape index (κ3) is 7.51. The molecule has 20 heavy (non-hydrogen) atoms. The molecule has 0 atom stereocenters. The van der Waals surface area contributed by atoms with E-state index in [0.29, 0.717) is 0 Å². The second kappa shape index (κ2) is 11.7. The van der Waals surface area contributed by atoms with Crippen LogP contribution in [-0.4, -0.2) is 11.8 Å². The summed E-state index contributed by atoms with van der Waals surface area (Å²) >= 11 is 0. The van der Waals surface area contributed by atoms with Crippen LogP contribution in [0.2, 0.25) is 0 Å². The van der Waals surface area contributed by atoms with Gasteiger partial charge >= 0.3 is 0 Å². The van der Waals surface area contributed by atoms with Crippen LogP contribution in [0.25, 0.3) is 0 Å². The molecule has 0 unspecified atom stereocenters. The van der Waals surface area contributed by atoms with Crippen LogP contribution in [0.3, 0.4) is 0 Å². The Hall–Kier alpha value is -1.06. The highest BCUT2D eigenvalue weighted by Gasteiger charge is 2.20. The first-order valence-corrected chi connectivity index (χ1v) is 8.20. The van der Waals surface area contributed by atoms with Gasteiger partial charge in [-0.2, -0.15) is 0 Å². The molecule has 0 aromatic heterocycles. The monoisotopic (exact) mass is 284 g/mol. The molecule has 0 fully saturated rings. The van der Waals surface area contributed by atoms with Crippen LogP contribution >= 0.6 is 0 Å². The molecular formula is C16H32N2O2. The largest absolute Gasteiger partial charge is 0.273 e. The molecule has 2 amide bonds. The maximum Gasteiger partial charge on any atom is 0.241 e. The van der Waals surface area contributed by atoms with E-state index in [9.17, 15) is 9.59 Å². The second-order valence-electron chi connectivity index (χ2n) is 5.53. The Morgan fingerprint density at radius 3 is 1.10 bits per heavy atom. The van der Waals surface area contributed by atoms with Gasteiger partial charge in [0.15, 0.2) is 0 Å². The lowest BCUT2D eigenvalue weighted by molar-refractivity contribution is -0.133. The van der Waals surface area contributed by atoms with Crippen molar-refractivity contribution in [2.75, 3.05) is 0 Å². The van der Waals surface area contributed by atoms with E-state index >= 15 is 0 Å². The number of hydrazine groups is 1. The number of hydrogen-bond acceptors (Lipinski definition) is 2. The van der Waals surface area contributed by atoms with Crippen molar-refractivity contribution in [1.29, 1.82) is 0 Å². The van der Waals surface area contributed by atoms with Crippen LogP contribution in [0.4, 0.5) is 0 Å². The molecule has 0 rings (SSSR count). The lowest BCUT2D eigenvalue weighted by Crippen LogP contribution is -2.46. The molecule has 0 spiro atoms. The van der Waals surface area contributed by atoms with Crippen molar-refractivity contribution < 1.29 is 9.59 Å². The zero-order valence-corrected chi connectivity index (χ0v) is 13.6. The Kier molecular flexibility index (Phi) is 11.1. The fourth-order valence-corrected chi connectivity index (χ4v) is 2.53. The summed E-state index contributed by atoms with van der Waals surface area (Å²) in [5.74, 6) is -0.0650. The summed E-state index contributed by atoms with van der Waals surface area (Å²) < 4.78 is 0. The zero-order chi connectivity index (χ0) is 15.4. The Bertz CT molecular complexity index is 240. The highest BCUT2D eigenvalue weighted by molar-refractivity contribution is 5.84. The fourth-order valence-electron chi connectivity index (χ4n) is 2.53. The summed E-state index contributed by atoms with van der Waals surface area (Å²) in [4.78, 5) is 24.1. The first-order chi connectivity index (χ1) is 9.60. The van der Waals surface area contributed by atoms with Gasteiger partial charge in [0, 0.05) is 11.8 Å². The maximum absolute atomic E-state index is 12.0. The first kappa shape index (κ1) is 18.9. The van der Waals surface area contributed by atoms with Crippen molar-refractivity contribution >= 4 is 11.8 Å². The number of carbonyl (C=O) groups excluding carboxylic acids is 2. The molecular weight excluding hydrogens is 252 g/mol. The number of carbonyl (C=O) groups is 2. The minimum Gasteiger partial charge on any atom is -0.273 e. The molecule has 4 heteroatoms. The minimum absolute atomic E-state index is 0.0149. The van der Waals surface area contributed by atoms with E-state index in [2.05, 4.69) is 38.5 Å². The predicted octanol–water partition coefficient (Wildman–Crippen LogP) is 3.57. The SMILES string of the molecule is CCCC(CCC)C(=O)NNC(=O)C(CCC)CCC. The molecule has 0 aliphatic carbocycles. The van der Waals surface area contributed by atoms with Crippen molar-refractivity contribution in [3.05, 3.63) is 0 Å². The predicted molar refractivity (Wildman–Crippen MR) is 82.9 cm³/mol. The van der Waals surface area contributed by atoms with Gasteiger partial charge in [-0.3, -0.25) is 20.4 Å². The molecule has 0 bridgehead atoms. The van der Waals surface area contributed by atoms with E-state index in [0.717, 1.165) is 51.4 Å². The number of nitrogens with one attached hydrogen (secondary N) is 2. The lowest BCUT2D eigenvalue weighted by atomic mass is 9.97. The van der Waals surface area contributed by atoms with Gasteiger partial charge in [0.25, 0.3) is 0 Å². The van der Waals surface area contributed by atoms with Gasteiger partial charge < -0.3 is 0 Å². The van der Waals surface area contributed by atoms with E-state index in [1.54, 1.807) is 0 Å². The van der Waals surface area contributed by atoms with Gasteiger partial charge in [-0.15, -0.1) is 0 Å². The number of amides is 2. The topological polar surface area (TPSA) is 58.2 Å². The van der Waals surface area contributed by atoms with Gasteiger partial charge in [0.05, 0.1) is 0 Å². The zero-order valence-electron chi connectivity index (χ0n) is 13.6. The first-order valence-electron chi connectivity index (χ1n) is 8.20. The quantitative estimate of drug-likeness (QED) is 0.603. The highest BCUT2D eigenvalue weighted by Crippen LogP contribution is 2.14. The normalized spacial score (nSPS) is 10.9. The van der Waals surface area contributed by atoms with Gasteiger partial charge in [-0.1, -0.05) is 53.4 Å². The van der Waals surface area contributed by atoms with Crippen LogP contribution < -0.4 is 10.9 Å². The molecule has 0 aliphatic heterocycles. The Labute approximate surface area is 124 Å². The number of rotatable bonds is 10. The minimum atomic E-state index is -0.0474. The Morgan fingerprint density at radius 2 is 0.900 bits per heavy atom. The summed E-state index contributed by atoms with van der Waals surface area (Å²) in [5.41, 5.74) is 5.22. The molecule has 0 aliphatic rings. The molecule has 4 nitrogen and oxygen atoms in total. The van der Waals surface area contributed by atoms with Crippen LogP contribution in [0, 0.1) is 11.8 Å². The molecule has 0 heterocycles. The van der Waals surface area contributed by atoms with Crippen LogP contribution in [0.1, 0.15) is 79.1 Å². The van der Waals surface area contributed by atoms with E-state index in [1.807, 2.05) is 0 Å². The number of hydrogen-bond donors (Lipinski definition) is 2. The molecule has 2 N–H and O–H groups in total. The highest BCUT2D eigenvalue weighted by atomic mass is 16.2. The molecule has 0 aromatic carbocycles. The van der Waals surface area contributed by atoms with Gasteiger partial charge in [-0.05, 0) is 25.7 Å². The summed E-state index contributed by atoms with van der Waals surface area (Å²) in [7, 11) is 0. The molecule has 118 valence electrons. The molecule has 0 aromatic rings. The van der Waals surface area contributed by atoms with Gasteiger partial charge in [0.1, 0.15) is 0 Å². The van der Waals surface area contributed by atoms with Crippen molar-refractivity contribution in [3.63, 3.8) is 0 Å². The van der Waals surface area contributed by atoms with E-state index in [-0.39, 0.29) is 23.7 Å². The van der Waals surface area contributed by atoms with Crippen molar-refractivity contribution in [2.24, 2.45) is 11.8 Å². The van der Waals surface area contributed by atoms with E-state index in [1.165, 1.54) is 0 Å². The second-order valence-corrected chi connectivity index (χ2v) is 5.53. The molecule has 0 saturated carbocycles. The standard InChI is InChI=1S/C16H32N2O2/c1-5-9-13(10-6-2)15(19)17-18-16(20)14(11-7-3)12-8-4/h13-14H,5-12H2,1-4H3,(H,17,19)(H,18,20). The third-order valence-electron chi connectivity index (χ3n) is 3.60. The van der Waals surface area contributed by atoms with Crippen molar-refractivity contribution in [3.8, 4) is 0 Å². The fraction of sp³-hybridized carbons (Fsp3) is 0.875. The smallest absolute Gasteiger partial charge is 0.241 e. The van der Waals surface area contributed by atoms with Crippen LogP contribution in [0.15, 0.2) is 0 Å². The van der Waals surface area contributed by atoms with Gasteiger partial charge in [-0.25, -0.2) is 0 Å². The third-order valence-corrected chi connectivity index (χ3v) is 3.60. The average Bonchev–Trinajstić information content (AvgIpc) is 2.44.